The van der Waals surface area contributed by atoms with E-state index in [0.717, 1.165) is 31.9 Å². The Hall–Kier alpha value is -1.87. The van der Waals surface area contributed by atoms with Gasteiger partial charge in [-0.05, 0) is 25.7 Å². The molecule has 0 radical (unpaired) electrons. The van der Waals surface area contributed by atoms with Crippen molar-refractivity contribution in [3.05, 3.63) is 0 Å². The SMILES string of the molecule is CN=C(NCC1COCCO1)N1CCC(C2(C)NC(=O)NC2=O)CC1. The maximum Gasteiger partial charge on any atom is 0.322 e. The number of likely N-dealkylation sites (tertiary alicyclic amines) is 1. The van der Waals surface area contributed by atoms with Crippen molar-refractivity contribution >= 4 is 17.9 Å². The van der Waals surface area contributed by atoms with Gasteiger partial charge in [-0.15, -0.1) is 0 Å². The molecular formula is C16H27N5O4. The lowest BCUT2D eigenvalue weighted by atomic mass is 9.79. The quantitative estimate of drug-likeness (QED) is 0.352. The summed E-state index contributed by atoms with van der Waals surface area (Å²) < 4.78 is 11.0. The third-order valence-corrected chi connectivity index (χ3v) is 5.27. The Bertz CT molecular complexity index is 541. The van der Waals surface area contributed by atoms with Crippen LogP contribution in [0.15, 0.2) is 4.99 Å². The number of urea groups is 1. The first-order chi connectivity index (χ1) is 12.0. The minimum absolute atomic E-state index is 0.0411. The van der Waals surface area contributed by atoms with Gasteiger partial charge in [0.2, 0.25) is 0 Å². The van der Waals surface area contributed by atoms with Gasteiger partial charge in [0.25, 0.3) is 5.91 Å². The molecule has 0 saturated carbocycles. The van der Waals surface area contributed by atoms with Gasteiger partial charge in [-0.2, -0.15) is 0 Å². The lowest BCUT2D eigenvalue weighted by molar-refractivity contribution is -0.125. The third-order valence-electron chi connectivity index (χ3n) is 5.27. The highest BCUT2D eigenvalue weighted by atomic mass is 16.6. The predicted octanol–water partition coefficient (Wildman–Crippen LogP) is -0.713. The summed E-state index contributed by atoms with van der Waals surface area (Å²) in [5.41, 5.74) is -0.812. The minimum Gasteiger partial charge on any atom is -0.376 e. The zero-order valence-electron chi connectivity index (χ0n) is 14.8. The average molecular weight is 353 g/mol. The first-order valence-corrected chi connectivity index (χ1v) is 8.81. The number of amides is 3. The number of imide groups is 1. The summed E-state index contributed by atoms with van der Waals surface area (Å²) >= 11 is 0. The van der Waals surface area contributed by atoms with Crippen LogP contribution in [0.1, 0.15) is 19.8 Å². The molecule has 0 aromatic rings. The van der Waals surface area contributed by atoms with Gasteiger partial charge in [0, 0.05) is 26.7 Å². The molecule has 3 fully saturated rings. The second-order valence-corrected chi connectivity index (χ2v) is 6.87. The van der Waals surface area contributed by atoms with E-state index in [4.69, 9.17) is 9.47 Å². The van der Waals surface area contributed by atoms with E-state index in [-0.39, 0.29) is 17.9 Å². The first kappa shape index (κ1) is 17.9. The van der Waals surface area contributed by atoms with Crippen molar-refractivity contribution in [2.45, 2.75) is 31.4 Å². The van der Waals surface area contributed by atoms with E-state index in [1.54, 1.807) is 14.0 Å². The van der Waals surface area contributed by atoms with E-state index in [0.29, 0.717) is 26.4 Å². The number of aliphatic imine (C=N–C) groups is 1. The molecule has 9 heteroatoms. The molecule has 2 unspecified atom stereocenters. The van der Waals surface area contributed by atoms with E-state index in [1.165, 1.54) is 0 Å². The van der Waals surface area contributed by atoms with Gasteiger partial charge >= 0.3 is 6.03 Å². The molecule has 0 spiro atoms. The van der Waals surface area contributed by atoms with E-state index < -0.39 is 11.6 Å². The number of nitrogens with one attached hydrogen (secondary N) is 3. The highest BCUT2D eigenvalue weighted by Crippen LogP contribution is 2.30. The van der Waals surface area contributed by atoms with Gasteiger partial charge in [0.05, 0.1) is 25.9 Å². The third kappa shape index (κ3) is 3.87. The summed E-state index contributed by atoms with van der Waals surface area (Å²) in [6.45, 7) is 5.91. The smallest absolute Gasteiger partial charge is 0.322 e. The zero-order valence-corrected chi connectivity index (χ0v) is 14.8. The van der Waals surface area contributed by atoms with Gasteiger partial charge in [-0.1, -0.05) is 0 Å². The normalized spacial score (nSPS) is 31.7. The second kappa shape index (κ2) is 7.57. The van der Waals surface area contributed by atoms with Gasteiger partial charge in [-0.3, -0.25) is 15.1 Å². The van der Waals surface area contributed by atoms with E-state index in [2.05, 4.69) is 25.8 Å². The molecule has 3 rings (SSSR count). The van der Waals surface area contributed by atoms with Crippen molar-refractivity contribution in [3.63, 3.8) is 0 Å². The maximum atomic E-state index is 12.1. The maximum absolute atomic E-state index is 12.1. The molecule has 0 aromatic heterocycles. The standard InChI is InChI=1S/C16H27N5O4/c1-16(13(22)19-15(23)20-16)11-3-5-21(6-4-11)14(17-2)18-9-12-10-24-7-8-25-12/h11-12H,3-10H2,1-2H3,(H,17,18)(H2,19,20,22,23). The van der Waals surface area contributed by atoms with Gasteiger partial charge in [0.15, 0.2) is 5.96 Å². The molecule has 140 valence electrons. The van der Waals surface area contributed by atoms with E-state index in [9.17, 15) is 9.59 Å². The summed E-state index contributed by atoms with van der Waals surface area (Å²) in [7, 11) is 1.76. The Kier molecular flexibility index (Phi) is 5.43. The molecule has 3 amide bonds. The van der Waals surface area contributed by atoms with Gasteiger partial charge in [-0.25, -0.2) is 4.79 Å². The Morgan fingerprint density at radius 1 is 1.36 bits per heavy atom. The Labute approximate surface area is 147 Å². The van der Waals surface area contributed by atoms with Crippen LogP contribution in [-0.2, 0) is 14.3 Å². The molecule has 25 heavy (non-hydrogen) atoms. The molecule has 3 aliphatic heterocycles. The molecule has 3 heterocycles. The highest BCUT2D eigenvalue weighted by Gasteiger charge is 2.48. The topological polar surface area (TPSA) is 104 Å². The van der Waals surface area contributed by atoms with Crippen molar-refractivity contribution < 1.29 is 19.1 Å². The predicted molar refractivity (Wildman–Crippen MR) is 91.3 cm³/mol. The van der Waals surface area contributed by atoms with Crippen molar-refractivity contribution in [1.82, 2.24) is 20.9 Å². The summed E-state index contributed by atoms with van der Waals surface area (Å²) in [5, 5.41) is 8.46. The van der Waals surface area contributed by atoms with Crippen LogP contribution in [-0.4, -0.2) is 80.9 Å². The molecule has 0 aliphatic carbocycles. The molecule has 3 saturated heterocycles. The lowest BCUT2D eigenvalue weighted by Crippen LogP contribution is -2.56. The van der Waals surface area contributed by atoms with Crippen LogP contribution in [0.4, 0.5) is 4.79 Å². The molecule has 0 bridgehead atoms. The molecule has 0 aromatic carbocycles. The second-order valence-electron chi connectivity index (χ2n) is 6.87. The van der Waals surface area contributed by atoms with Crippen molar-refractivity contribution in [1.29, 1.82) is 0 Å². The number of guanidine groups is 1. The fourth-order valence-electron chi connectivity index (χ4n) is 3.70. The number of ether oxygens (including phenoxy) is 2. The number of hydrogen-bond acceptors (Lipinski definition) is 5. The van der Waals surface area contributed by atoms with Crippen molar-refractivity contribution in [2.24, 2.45) is 10.9 Å². The summed E-state index contributed by atoms with van der Waals surface area (Å²) in [6.07, 6.45) is 1.67. The number of rotatable bonds is 3. The number of carbonyl (C=O) groups excluding carboxylic acids is 2. The fourth-order valence-corrected chi connectivity index (χ4v) is 3.70. The largest absolute Gasteiger partial charge is 0.376 e. The number of carbonyl (C=O) groups is 2. The van der Waals surface area contributed by atoms with Crippen LogP contribution >= 0.6 is 0 Å². The number of hydrogen-bond donors (Lipinski definition) is 3. The zero-order chi connectivity index (χ0) is 17.9. The summed E-state index contributed by atoms with van der Waals surface area (Å²) in [6, 6.07) is -0.401. The molecule has 3 N–H and O–H groups in total. The van der Waals surface area contributed by atoms with Crippen LogP contribution in [0, 0.1) is 5.92 Å². The average Bonchev–Trinajstić information content (AvgIpc) is 2.90. The Morgan fingerprint density at radius 2 is 2.12 bits per heavy atom. The fraction of sp³-hybridized carbons (Fsp3) is 0.812. The Balaban J connectivity index is 1.50. The first-order valence-electron chi connectivity index (χ1n) is 8.81. The molecular weight excluding hydrogens is 326 g/mol. The summed E-state index contributed by atoms with van der Waals surface area (Å²) in [4.78, 5) is 30.1. The van der Waals surface area contributed by atoms with Crippen molar-refractivity contribution in [2.75, 3.05) is 46.5 Å². The number of piperidine rings is 1. The lowest BCUT2D eigenvalue weighted by Gasteiger charge is -2.40. The Morgan fingerprint density at radius 3 is 2.68 bits per heavy atom. The highest BCUT2D eigenvalue weighted by molar-refractivity contribution is 6.07. The minimum atomic E-state index is -0.812. The molecule has 9 nitrogen and oxygen atoms in total. The van der Waals surface area contributed by atoms with Crippen LogP contribution in [0.3, 0.4) is 0 Å². The van der Waals surface area contributed by atoms with Crippen LogP contribution < -0.4 is 16.0 Å². The molecule has 2 atom stereocenters. The van der Waals surface area contributed by atoms with Crippen LogP contribution in [0.5, 0.6) is 0 Å². The summed E-state index contributed by atoms with van der Waals surface area (Å²) in [5.74, 6) is 0.717. The van der Waals surface area contributed by atoms with E-state index in [1.807, 2.05) is 0 Å². The molecule has 3 aliphatic rings. The van der Waals surface area contributed by atoms with Crippen molar-refractivity contribution in [3.8, 4) is 0 Å². The van der Waals surface area contributed by atoms with Gasteiger partial charge < -0.3 is 25.0 Å². The monoisotopic (exact) mass is 353 g/mol. The van der Waals surface area contributed by atoms with Gasteiger partial charge in [0.1, 0.15) is 5.54 Å². The van der Waals surface area contributed by atoms with Crippen LogP contribution in [0.25, 0.3) is 0 Å². The van der Waals surface area contributed by atoms with E-state index >= 15 is 0 Å². The van der Waals surface area contributed by atoms with Crippen LogP contribution in [0.2, 0.25) is 0 Å². The number of nitrogens with zero attached hydrogens (tertiary/aromatic N) is 2.